The fourth-order valence-electron chi connectivity index (χ4n) is 5.05. The molecule has 1 aromatic heterocycles. The zero-order valence-electron chi connectivity index (χ0n) is 26.7. The summed E-state index contributed by atoms with van der Waals surface area (Å²) in [6.07, 6.45) is 4.32. The first-order chi connectivity index (χ1) is 22.3. The van der Waals surface area contributed by atoms with Gasteiger partial charge in [-0.25, -0.2) is 9.86 Å². The molecule has 0 saturated carbocycles. The molecule has 3 amide bonds. The fraction of sp³-hybridized carbons (Fsp3) is 0.412. The van der Waals surface area contributed by atoms with Gasteiger partial charge in [0, 0.05) is 5.56 Å². The van der Waals surface area contributed by atoms with Gasteiger partial charge in [0.2, 0.25) is 12.3 Å². The van der Waals surface area contributed by atoms with Crippen LogP contribution in [0.3, 0.4) is 0 Å². The highest BCUT2D eigenvalue weighted by Crippen LogP contribution is 2.36. The maximum atomic E-state index is 13.4. The lowest BCUT2D eigenvalue weighted by Crippen LogP contribution is -2.48. The van der Waals surface area contributed by atoms with Crippen molar-refractivity contribution >= 4 is 24.2 Å². The third-order valence-corrected chi connectivity index (χ3v) is 7.39. The summed E-state index contributed by atoms with van der Waals surface area (Å²) in [6.45, 7) is 5.93. The highest BCUT2D eigenvalue weighted by Gasteiger charge is 2.32. The summed E-state index contributed by atoms with van der Waals surface area (Å²) in [5.74, 6) is -2.28. The molecule has 0 spiro atoms. The van der Waals surface area contributed by atoms with Crippen LogP contribution in [0.2, 0.25) is 0 Å². The second-order valence-electron chi connectivity index (χ2n) is 10.5. The minimum atomic E-state index is -0.759. The number of aromatic hydroxyl groups is 1. The van der Waals surface area contributed by atoms with Crippen LogP contribution in [0.1, 0.15) is 79.4 Å². The molecule has 12 nitrogen and oxygen atoms in total. The lowest BCUT2D eigenvalue weighted by molar-refractivity contribution is -0.200. The Morgan fingerprint density at radius 3 is 2.43 bits per heavy atom. The molecule has 0 saturated heterocycles. The molecule has 248 valence electrons. The number of carbonyl (C=O) groups is 4. The summed E-state index contributed by atoms with van der Waals surface area (Å²) in [5.41, 5.74) is 1.14. The van der Waals surface area contributed by atoms with E-state index in [4.69, 9.17) is 18.7 Å². The first-order valence-electron chi connectivity index (χ1n) is 15.4. The van der Waals surface area contributed by atoms with Crippen molar-refractivity contribution in [2.24, 2.45) is 5.92 Å². The number of phenols is 1. The van der Waals surface area contributed by atoms with E-state index in [9.17, 15) is 24.3 Å². The van der Waals surface area contributed by atoms with Gasteiger partial charge in [-0.3, -0.25) is 19.2 Å². The highest BCUT2D eigenvalue weighted by molar-refractivity contribution is 5.97. The van der Waals surface area contributed by atoms with Crippen LogP contribution in [-0.2, 0) is 25.8 Å². The van der Waals surface area contributed by atoms with Crippen LogP contribution < -0.4 is 15.4 Å². The highest BCUT2D eigenvalue weighted by atomic mass is 16.7. The van der Waals surface area contributed by atoms with Gasteiger partial charge in [0.1, 0.15) is 29.4 Å². The Morgan fingerprint density at radius 2 is 1.78 bits per heavy atom. The zero-order valence-corrected chi connectivity index (χ0v) is 26.7. The molecule has 0 unspecified atom stereocenters. The third kappa shape index (κ3) is 9.58. The summed E-state index contributed by atoms with van der Waals surface area (Å²) in [6, 6.07) is 14.7. The molecule has 0 aliphatic heterocycles. The standard InChI is InChI=1S/C34H43N3O9/c1-5-8-10-15-25(26(6-2)37(22-38)45-20-23-13-11-9-12-14-23)32(40)35-21-36-33(41)29-17-16-28(46-29)24-18-27(39)31(34(42)43-4)30(19-24)44-7-3/h9,11-14,16-19,22,25-26,39H,5-8,10,15,20-21H2,1-4H3,(H,35,40)(H,36,41)/t25-,26-/m1/s1. The Morgan fingerprint density at radius 1 is 1.02 bits per heavy atom. The van der Waals surface area contributed by atoms with E-state index < -0.39 is 23.8 Å². The van der Waals surface area contributed by atoms with E-state index in [0.29, 0.717) is 24.8 Å². The number of hydrogen-bond donors (Lipinski definition) is 3. The van der Waals surface area contributed by atoms with Crippen LogP contribution in [0.25, 0.3) is 11.3 Å². The molecule has 3 N–H and O–H groups in total. The van der Waals surface area contributed by atoms with Crippen molar-refractivity contribution in [1.82, 2.24) is 15.7 Å². The van der Waals surface area contributed by atoms with Gasteiger partial charge in [0.15, 0.2) is 5.76 Å². The Balaban J connectivity index is 1.66. The number of hydrogen-bond acceptors (Lipinski definition) is 9. The summed E-state index contributed by atoms with van der Waals surface area (Å²) >= 11 is 0. The van der Waals surface area contributed by atoms with Crippen LogP contribution in [-0.4, -0.2) is 60.8 Å². The van der Waals surface area contributed by atoms with Gasteiger partial charge in [0.05, 0.1) is 32.3 Å². The largest absolute Gasteiger partial charge is 0.507 e. The van der Waals surface area contributed by atoms with Crippen molar-refractivity contribution in [2.45, 2.75) is 65.5 Å². The van der Waals surface area contributed by atoms with Crippen molar-refractivity contribution < 1.29 is 43.0 Å². The number of amides is 3. The lowest BCUT2D eigenvalue weighted by Gasteiger charge is -2.32. The van der Waals surface area contributed by atoms with Crippen LogP contribution in [0.4, 0.5) is 0 Å². The van der Waals surface area contributed by atoms with Crippen molar-refractivity contribution in [1.29, 1.82) is 0 Å². The van der Waals surface area contributed by atoms with Crippen molar-refractivity contribution in [2.75, 3.05) is 20.4 Å². The maximum Gasteiger partial charge on any atom is 0.345 e. The van der Waals surface area contributed by atoms with E-state index in [2.05, 4.69) is 17.6 Å². The quantitative estimate of drug-likeness (QED) is 0.0528. The van der Waals surface area contributed by atoms with Gasteiger partial charge in [0.25, 0.3) is 5.91 Å². The second-order valence-corrected chi connectivity index (χ2v) is 10.5. The minimum Gasteiger partial charge on any atom is -0.507 e. The van der Waals surface area contributed by atoms with E-state index in [1.807, 2.05) is 37.3 Å². The molecule has 1 heterocycles. The van der Waals surface area contributed by atoms with E-state index in [1.165, 1.54) is 36.4 Å². The van der Waals surface area contributed by atoms with Crippen molar-refractivity contribution in [3.63, 3.8) is 0 Å². The number of unbranched alkanes of at least 4 members (excludes halogenated alkanes) is 2. The number of furan rings is 1. The fourth-order valence-corrected chi connectivity index (χ4v) is 5.05. The van der Waals surface area contributed by atoms with Gasteiger partial charge in [-0.1, -0.05) is 63.4 Å². The molecular formula is C34H43N3O9. The Labute approximate surface area is 269 Å². The van der Waals surface area contributed by atoms with E-state index >= 15 is 0 Å². The number of ether oxygens (including phenoxy) is 2. The SMILES string of the molecule is CCCCC[C@@H](C(=O)NCNC(=O)c1ccc(-c2cc(O)c(C(=O)OC)c(OCC)c2)o1)[C@@H](CC)N(C=O)OCc1ccccc1. The summed E-state index contributed by atoms with van der Waals surface area (Å²) in [7, 11) is 1.20. The van der Waals surface area contributed by atoms with Crippen molar-refractivity contribution in [3.05, 3.63) is 71.5 Å². The lowest BCUT2D eigenvalue weighted by atomic mass is 9.90. The Hall–Kier alpha value is -4.84. The summed E-state index contributed by atoms with van der Waals surface area (Å²) < 4.78 is 16.0. The molecule has 46 heavy (non-hydrogen) atoms. The Bertz CT molecular complexity index is 1440. The molecule has 2 atom stereocenters. The second kappa shape index (κ2) is 18.2. The number of methoxy groups -OCH3 is 1. The smallest absolute Gasteiger partial charge is 0.345 e. The molecule has 0 fully saturated rings. The average molecular weight is 638 g/mol. The summed E-state index contributed by atoms with van der Waals surface area (Å²) in [5, 5.41) is 17.1. The molecular weight excluding hydrogens is 594 g/mol. The maximum absolute atomic E-state index is 13.4. The molecule has 0 bridgehead atoms. The normalized spacial score (nSPS) is 12.1. The predicted molar refractivity (Wildman–Crippen MR) is 170 cm³/mol. The molecule has 0 radical (unpaired) electrons. The number of carbonyl (C=O) groups excluding carboxylic acids is 4. The molecule has 3 aromatic rings. The van der Waals surface area contributed by atoms with E-state index in [-0.39, 0.29) is 54.4 Å². The van der Waals surface area contributed by atoms with Crippen LogP contribution in [0.5, 0.6) is 11.5 Å². The topological polar surface area (TPSA) is 157 Å². The monoisotopic (exact) mass is 637 g/mol. The van der Waals surface area contributed by atoms with Crippen molar-refractivity contribution in [3.8, 4) is 22.8 Å². The Kier molecular flexibility index (Phi) is 14.1. The zero-order chi connectivity index (χ0) is 33.5. The number of nitrogens with zero attached hydrogens (tertiary/aromatic N) is 1. The predicted octanol–water partition coefficient (Wildman–Crippen LogP) is 5.21. The third-order valence-electron chi connectivity index (χ3n) is 7.39. The molecule has 12 heteroatoms. The van der Waals surface area contributed by atoms with Gasteiger partial charge < -0.3 is 29.6 Å². The molecule has 0 aliphatic rings. The number of phenolic OH excluding ortho intramolecular Hbond substituents is 1. The molecule has 2 aromatic carbocycles. The van der Waals surface area contributed by atoms with Gasteiger partial charge >= 0.3 is 5.97 Å². The van der Waals surface area contributed by atoms with E-state index in [0.717, 1.165) is 24.8 Å². The first-order valence-corrected chi connectivity index (χ1v) is 15.4. The van der Waals surface area contributed by atoms with Crippen LogP contribution >= 0.6 is 0 Å². The minimum absolute atomic E-state index is 0.0360. The number of rotatable bonds is 19. The summed E-state index contributed by atoms with van der Waals surface area (Å²) in [4.78, 5) is 56.2. The molecule has 3 rings (SSSR count). The number of hydroxylamine groups is 2. The van der Waals surface area contributed by atoms with Gasteiger partial charge in [-0.05, 0) is 49.6 Å². The van der Waals surface area contributed by atoms with Crippen LogP contribution in [0.15, 0.2) is 59.0 Å². The first kappa shape index (κ1) is 35.6. The van der Waals surface area contributed by atoms with Gasteiger partial charge in [-0.2, -0.15) is 0 Å². The number of benzene rings is 2. The molecule has 0 aliphatic carbocycles. The van der Waals surface area contributed by atoms with Crippen LogP contribution in [0, 0.1) is 5.92 Å². The van der Waals surface area contributed by atoms with E-state index in [1.54, 1.807) is 6.92 Å². The average Bonchev–Trinajstić information content (AvgIpc) is 3.56. The van der Waals surface area contributed by atoms with Gasteiger partial charge in [-0.15, -0.1) is 0 Å². The number of nitrogens with one attached hydrogen (secondary N) is 2. The number of esters is 1.